The highest BCUT2D eigenvalue weighted by Gasteiger charge is 1.93. The van der Waals surface area contributed by atoms with E-state index in [2.05, 4.69) is 9.98 Å². The molecule has 0 fully saturated rings. The number of hydrogen-bond acceptors (Lipinski definition) is 4. The van der Waals surface area contributed by atoms with Crippen LogP contribution in [-0.4, -0.2) is 39.7 Å². The third-order valence-electron chi connectivity index (χ3n) is 3.24. The molecule has 4 heteroatoms. The van der Waals surface area contributed by atoms with E-state index < -0.39 is 0 Å². The molecular formula is C19H22N2O2. The van der Waals surface area contributed by atoms with Crippen LogP contribution in [-0.2, 0) is 0 Å². The minimum absolute atomic E-state index is 0.757. The fourth-order valence-corrected chi connectivity index (χ4v) is 2.04. The van der Waals surface area contributed by atoms with Crippen LogP contribution in [0.4, 0.5) is 0 Å². The molecule has 0 bridgehead atoms. The predicted octanol–water partition coefficient (Wildman–Crippen LogP) is 3.63. The zero-order chi connectivity index (χ0) is 16.3. The number of ether oxygens (including phenoxy) is 2. The summed E-state index contributed by atoms with van der Waals surface area (Å²) in [7, 11) is 3.33. The van der Waals surface area contributed by atoms with E-state index in [0.717, 1.165) is 42.1 Å². The van der Waals surface area contributed by atoms with Crippen LogP contribution in [0.15, 0.2) is 58.5 Å². The van der Waals surface area contributed by atoms with Crippen LogP contribution in [0, 0.1) is 0 Å². The first-order valence-corrected chi connectivity index (χ1v) is 7.59. The van der Waals surface area contributed by atoms with Crippen molar-refractivity contribution < 1.29 is 9.47 Å². The van der Waals surface area contributed by atoms with Crippen LogP contribution in [0.3, 0.4) is 0 Å². The molecule has 0 saturated carbocycles. The summed E-state index contributed by atoms with van der Waals surface area (Å²) in [4.78, 5) is 8.83. The predicted molar refractivity (Wildman–Crippen MR) is 95.5 cm³/mol. The van der Waals surface area contributed by atoms with E-state index in [1.807, 2.05) is 61.0 Å². The van der Waals surface area contributed by atoms with Crippen LogP contribution in [0.2, 0.25) is 0 Å². The first-order chi connectivity index (χ1) is 11.3. The van der Waals surface area contributed by atoms with Gasteiger partial charge in [-0.3, -0.25) is 9.98 Å². The van der Waals surface area contributed by atoms with E-state index in [-0.39, 0.29) is 0 Å². The quantitative estimate of drug-likeness (QED) is 0.552. The Morgan fingerprint density at radius 3 is 1.70 bits per heavy atom. The lowest BCUT2D eigenvalue weighted by atomic mass is 10.2. The number of rotatable bonds is 8. The Labute approximate surface area is 137 Å². The Bertz CT molecular complexity index is 608. The van der Waals surface area contributed by atoms with E-state index in [0.29, 0.717) is 0 Å². The summed E-state index contributed by atoms with van der Waals surface area (Å²) in [5.74, 6) is 1.69. The van der Waals surface area contributed by atoms with E-state index in [9.17, 15) is 0 Å². The monoisotopic (exact) mass is 310 g/mol. The van der Waals surface area contributed by atoms with Gasteiger partial charge in [-0.1, -0.05) is 24.3 Å². The maximum Gasteiger partial charge on any atom is 0.119 e. The van der Waals surface area contributed by atoms with Crippen LogP contribution in [0.5, 0.6) is 11.5 Å². The van der Waals surface area contributed by atoms with E-state index in [1.165, 1.54) is 0 Å². The lowest BCUT2D eigenvalue weighted by Crippen LogP contribution is -1.91. The zero-order valence-electron chi connectivity index (χ0n) is 13.6. The summed E-state index contributed by atoms with van der Waals surface area (Å²) in [6.07, 6.45) is 4.66. The van der Waals surface area contributed by atoms with Crippen LogP contribution < -0.4 is 9.47 Å². The molecular weight excluding hydrogens is 288 g/mol. The highest BCUT2D eigenvalue weighted by molar-refractivity contribution is 5.80. The van der Waals surface area contributed by atoms with Crippen molar-refractivity contribution in [3.8, 4) is 11.5 Å². The van der Waals surface area contributed by atoms with Gasteiger partial charge in [-0.05, 0) is 41.8 Å². The van der Waals surface area contributed by atoms with E-state index in [4.69, 9.17) is 9.47 Å². The fraction of sp³-hybridized carbons (Fsp3) is 0.263. The average molecular weight is 310 g/mol. The van der Waals surface area contributed by atoms with Crippen molar-refractivity contribution in [1.29, 1.82) is 0 Å². The van der Waals surface area contributed by atoms with Crippen molar-refractivity contribution in [2.45, 2.75) is 6.42 Å². The second-order valence-electron chi connectivity index (χ2n) is 4.98. The lowest BCUT2D eigenvalue weighted by molar-refractivity contribution is 0.414. The smallest absolute Gasteiger partial charge is 0.119 e. The molecule has 0 N–H and O–H groups in total. The first kappa shape index (κ1) is 16.7. The Kier molecular flexibility index (Phi) is 6.85. The molecule has 0 aliphatic rings. The minimum Gasteiger partial charge on any atom is -0.497 e. The van der Waals surface area contributed by atoms with Gasteiger partial charge < -0.3 is 9.47 Å². The third-order valence-corrected chi connectivity index (χ3v) is 3.24. The highest BCUT2D eigenvalue weighted by Crippen LogP contribution is 2.11. The Morgan fingerprint density at radius 2 is 1.26 bits per heavy atom. The van der Waals surface area contributed by atoms with Crippen molar-refractivity contribution in [3.63, 3.8) is 0 Å². The number of nitrogens with zero attached hydrogens (tertiary/aromatic N) is 2. The molecule has 2 aromatic carbocycles. The largest absolute Gasteiger partial charge is 0.497 e. The Hall–Kier alpha value is -2.62. The number of aliphatic imine (C=N–C) groups is 2. The van der Waals surface area contributed by atoms with Gasteiger partial charge >= 0.3 is 0 Å². The molecule has 0 radical (unpaired) electrons. The third kappa shape index (κ3) is 5.94. The second-order valence-corrected chi connectivity index (χ2v) is 4.98. The SMILES string of the molecule is COc1cccc(C=NCCCN=Cc2cccc(OC)c2)c1. The molecule has 23 heavy (non-hydrogen) atoms. The molecule has 0 spiro atoms. The summed E-state index contributed by atoms with van der Waals surface area (Å²) in [6.45, 7) is 1.51. The van der Waals surface area contributed by atoms with Crippen molar-refractivity contribution in [1.82, 2.24) is 0 Å². The summed E-state index contributed by atoms with van der Waals surface area (Å²) < 4.78 is 10.4. The summed E-state index contributed by atoms with van der Waals surface area (Å²) in [6, 6.07) is 15.7. The van der Waals surface area contributed by atoms with E-state index in [1.54, 1.807) is 14.2 Å². The molecule has 120 valence electrons. The maximum absolute atomic E-state index is 5.18. The van der Waals surface area contributed by atoms with Crippen LogP contribution in [0.1, 0.15) is 17.5 Å². The van der Waals surface area contributed by atoms with Gasteiger partial charge in [0.2, 0.25) is 0 Å². The van der Waals surface area contributed by atoms with Crippen molar-refractivity contribution in [3.05, 3.63) is 59.7 Å². The standard InChI is InChI=1S/C19H22N2O2/c1-22-18-8-3-6-16(12-18)14-20-10-5-11-21-15-17-7-4-9-19(13-17)23-2/h3-4,6-9,12-15H,5,10-11H2,1-2H3. The molecule has 0 heterocycles. The van der Waals surface area contributed by atoms with Crippen molar-refractivity contribution in [2.24, 2.45) is 9.98 Å². The molecule has 2 rings (SSSR count). The highest BCUT2D eigenvalue weighted by atomic mass is 16.5. The first-order valence-electron chi connectivity index (χ1n) is 7.59. The lowest BCUT2D eigenvalue weighted by Gasteiger charge is -2.00. The number of hydrogen-bond donors (Lipinski definition) is 0. The van der Waals surface area contributed by atoms with Crippen LogP contribution >= 0.6 is 0 Å². The maximum atomic E-state index is 5.18. The Morgan fingerprint density at radius 1 is 0.783 bits per heavy atom. The molecule has 0 aliphatic heterocycles. The van der Waals surface area contributed by atoms with Gasteiger partial charge in [0.25, 0.3) is 0 Å². The zero-order valence-corrected chi connectivity index (χ0v) is 13.6. The van der Waals surface area contributed by atoms with Gasteiger partial charge in [-0.25, -0.2) is 0 Å². The van der Waals surface area contributed by atoms with Gasteiger partial charge in [0, 0.05) is 25.5 Å². The van der Waals surface area contributed by atoms with Gasteiger partial charge in [0.05, 0.1) is 14.2 Å². The molecule has 0 saturated heterocycles. The van der Waals surface area contributed by atoms with Crippen molar-refractivity contribution in [2.75, 3.05) is 27.3 Å². The number of methoxy groups -OCH3 is 2. The minimum atomic E-state index is 0.757. The molecule has 0 amide bonds. The van der Waals surface area contributed by atoms with E-state index >= 15 is 0 Å². The molecule has 0 aromatic heterocycles. The summed E-state index contributed by atoms with van der Waals surface area (Å²) in [5.41, 5.74) is 2.09. The summed E-state index contributed by atoms with van der Waals surface area (Å²) in [5, 5.41) is 0. The number of benzene rings is 2. The van der Waals surface area contributed by atoms with Crippen molar-refractivity contribution >= 4 is 12.4 Å². The molecule has 2 aromatic rings. The summed E-state index contributed by atoms with van der Waals surface area (Å²) >= 11 is 0. The van der Waals surface area contributed by atoms with Gasteiger partial charge in [0.1, 0.15) is 11.5 Å². The normalized spacial score (nSPS) is 11.2. The molecule has 0 atom stereocenters. The fourth-order valence-electron chi connectivity index (χ4n) is 2.04. The molecule has 4 nitrogen and oxygen atoms in total. The van der Waals surface area contributed by atoms with Gasteiger partial charge in [-0.2, -0.15) is 0 Å². The molecule has 0 aliphatic carbocycles. The second kappa shape index (κ2) is 9.41. The average Bonchev–Trinajstić information content (AvgIpc) is 2.61. The van der Waals surface area contributed by atoms with Crippen LogP contribution in [0.25, 0.3) is 0 Å². The Balaban J connectivity index is 1.72. The van der Waals surface area contributed by atoms with Gasteiger partial charge in [-0.15, -0.1) is 0 Å². The molecule has 0 unspecified atom stereocenters. The van der Waals surface area contributed by atoms with Gasteiger partial charge in [0.15, 0.2) is 0 Å². The topological polar surface area (TPSA) is 43.2 Å².